The third-order valence-corrected chi connectivity index (χ3v) is 1.90. The van der Waals surface area contributed by atoms with Crippen LogP contribution in [0, 0.1) is 0 Å². The largest absolute Gasteiger partial charge is 0.480 e. The van der Waals surface area contributed by atoms with Gasteiger partial charge in [-0.15, -0.1) is 0 Å². The number of carboxylic acids is 1. The van der Waals surface area contributed by atoms with E-state index in [-0.39, 0.29) is 0 Å². The van der Waals surface area contributed by atoms with E-state index >= 15 is 0 Å². The lowest BCUT2D eigenvalue weighted by atomic mass is 10.0. The van der Waals surface area contributed by atoms with Gasteiger partial charge < -0.3 is 21.7 Å². The molecule has 0 heterocycles. The number of nitrogen functional groups attached to an aromatic ring is 1. The molecule has 0 aliphatic heterocycles. The number of rotatable bonds is 3. The van der Waals surface area contributed by atoms with Gasteiger partial charge in [0.2, 0.25) is 0 Å². The van der Waals surface area contributed by atoms with Gasteiger partial charge in [0, 0.05) is 5.69 Å². The number of aliphatic hydroxyl groups excluding tert-OH is 1. The molecule has 0 radical (unpaired) electrons. The molecule has 2 atom stereocenters. The molecule has 0 bridgehead atoms. The second kappa shape index (κ2) is 4.08. The quantitative estimate of drug-likeness (QED) is 0.497. The Hall–Kier alpha value is -1.59. The molecule has 1 aromatic carbocycles. The molecule has 0 saturated carbocycles. The molecule has 14 heavy (non-hydrogen) atoms. The second-order valence-corrected chi connectivity index (χ2v) is 2.98. The summed E-state index contributed by atoms with van der Waals surface area (Å²) in [5.41, 5.74) is 11.7. The molecule has 2 unspecified atom stereocenters. The number of carboxylic acid groups (broad SMARTS) is 1. The molecule has 76 valence electrons. The van der Waals surface area contributed by atoms with Gasteiger partial charge in [-0.3, -0.25) is 4.79 Å². The Morgan fingerprint density at radius 3 is 2.21 bits per heavy atom. The Bertz CT molecular complexity index is 323. The highest BCUT2D eigenvalue weighted by Gasteiger charge is 2.23. The molecule has 1 rings (SSSR count). The maximum Gasteiger partial charge on any atom is 0.323 e. The third kappa shape index (κ3) is 2.21. The molecule has 0 saturated heterocycles. The summed E-state index contributed by atoms with van der Waals surface area (Å²) in [6.45, 7) is 0. The van der Waals surface area contributed by atoms with Gasteiger partial charge in [0.05, 0.1) is 0 Å². The molecule has 5 nitrogen and oxygen atoms in total. The molecule has 0 aromatic heterocycles. The first kappa shape index (κ1) is 10.5. The first-order chi connectivity index (χ1) is 6.52. The van der Waals surface area contributed by atoms with Crippen LogP contribution in [0.5, 0.6) is 0 Å². The zero-order chi connectivity index (χ0) is 10.7. The summed E-state index contributed by atoms with van der Waals surface area (Å²) in [7, 11) is 0. The Balaban J connectivity index is 2.84. The van der Waals surface area contributed by atoms with Gasteiger partial charge in [0.25, 0.3) is 0 Å². The van der Waals surface area contributed by atoms with Crippen LogP contribution < -0.4 is 11.5 Å². The molecule has 6 N–H and O–H groups in total. The fraction of sp³-hybridized carbons (Fsp3) is 0.222. The molecule has 1 aromatic rings. The fourth-order valence-corrected chi connectivity index (χ4v) is 1.04. The van der Waals surface area contributed by atoms with Crippen molar-refractivity contribution in [2.45, 2.75) is 12.1 Å². The number of nitrogens with two attached hydrogens (primary N) is 2. The molecular formula is C9H12N2O3. The maximum absolute atomic E-state index is 10.5. The Morgan fingerprint density at radius 1 is 1.29 bits per heavy atom. The third-order valence-electron chi connectivity index (χ3n) is 1.90. The lowest BCUT2D eigenvalue weighted by Gasteiger charge is -2.14. The van der Waals surface area contributed by atoms with Crippen molar-refractivity contribution >= 4 is 11.7 Å². The zero-order valence-corrected chi connectivity index (χ0v) is 7.42. The van der Waals surface area contributed by atoms with Gasteiger partial charge in [-0.2, -0.15) is 0 Å². The van der Waals surface area contributed by atoms with E-state index < -0.39 is 18.1 Å². The maximum atomic E-state index is 10.5. The van der Waals surface area contributed by atoms with E-state index in [1.54, 1.807) is 24.3 Å². The van der Waals surface area contributed by atoms with Crippen molar-refractivity contribution in [3.8, 4) is 0 Å². The smallest absolute Gasteiger partial charge is 0.323 e. The first-order valence-electron chi connectivity index (χ1n) is 4.04. The van der Waals surface area contributed by atoms with Crippen molar-refractivity contribution in [2.75, 3.05) is 5.73 Å². The Kier molecular flexibility index (Phi) is 3.06. The highest BCUT2D eigenvalue weighted by molar-refractivity contribution is 5.74. The van der Waals surface area contributed by atoms with Crippen LogP contribution >= 0.6 is 0 Å². The van der Waals surface area contributed by atoms with Gasteiger partial charge in [0.1, 0.15) is 12.1 Å². The van der Waals surface area contributed by atoms with Crippen LogP contribution in [0.3, 0.4) is 0 Å². The van der Waals surface area contributed by atoms with E-state index in [9.17, 15) is 9.90 Å². The molecule has 0 aliphatic rings. The number of aliphatic carboxylic acids is 1. The van der Waals surface area contributed by atoms with E-state index in [0.717, 1.165) is 0 Å². The minimum atomic E-state index is -1.32. The van der Waals surface area contributed by atoms with Gasteiger partial charge in [-0.1, -0.05) is 12.1 Å². The summed E-state index contributed by atoms with van der Waals surface area (Å²) in [4.78, 5) is 10.5. The normalized spacial score (nSPS) is 14.7. The molecule has 0 amide bonds. The SMILES string of the molecule is Nc1ccc(C(O)C(N)C(=O)O)cc1. The summed E-state index contributed by atoms with van der Waals surface area (Å²) in [6, 6.07) is 4.92. The van der Waals surface area contributed by atoms with Crippen LogP contribution in [0.2, 0.25) is 0 Å². The Labute approximate surface area is 81.0 Å². The number of hydrogen-bond donors (Lipinski definition) is 4. The van der Waals surface area contributed by atoms with Gasteiger partial charge >= 0.3 is 5.97 Å². The zero-order valence-electron chi connectivity index (χ0n) is 7.42. The predicted molar refractivity (Wildman–Crippen MR) is 51.4 cm³/mol. The van der Waals surface area contributed by atoms with Crippen LogP contribution in [-0.2, 0) is 4.79 Å². The van der Waals surface area contributed by atoms with E-state index in [4.69, 9.17) is 16.6 Å². The van der Waals surface area contributed by atoms with Crippen molar-refractivity contribution in [1.29, 1.82) is 0 Å². The lowest BCUT2D eigenvalue weighted by Crippen LogP contribution is -2.36. The standard InChI is InChI=1S/C9H12N2O3/c10-6-3-1-5(2-4-6)8(12)7(11)9(13)14/h1-4,7-8,12H,10-11H2,(H,13,14). The highest BCUT2D eigenvalue weighted by atomic mass is 16.4. The highest BCUT2D eigenvalue weighted by Crippen LogP contribution is 2.17. The van der Waals surface area contributed by atoms with Gasteiger partial charge in [-0.05, 0) is 17.7 Å². The molecule has 0 aliphatic carbocycles. The summed E-state index contributed by atoms with van der Waals surface area (Å²) in [5.74, 6) is -1.24. The van der Waals surface area contributed by atoms with Crippen LogP contribution in [0.1, 0.15) is 11.7 Å². The number of carbonyl (C=O) groups is 1. The van der Waals surface area contributed by atoms with Gasteiger partial charge in [0.15, 0.2) is 0 Å². The van der Waals surface area contributed by atoms with Gasteiger partial charge in [-0.25, -0.2) is 0 Å². The summed E-state index contributed by atoms with van der Waals surface area (Å²) < 4.78 is 0. The average molecular weight is 196 g/mol. The lowest BCUT2D eigenvalue weighted by molar-refractivity contribution is -0.141. The van der Waals surface area contributed by atoms with Crippen molar-refractivity contribution in [2.24, 2.45) is 5.73 Å². The van der Waals surface area contributed by atoms with E-state index in [2.05, 4.69) is 0 Å². The molecule has 0 spiro atoms. The molecule has 5 heteroatoms. The Morgan fingerprint density at radius 2 is 1.79 bits per heavy atom. The summed E-state index contributed by atoms with van der Waals surface area (Å²) in [5, 5.41) is 18.1. The minimum Gasteiger partial charge on any atom is -0.480 e. The summed E-state index contributed by atoms with van der Waals surface area (Å²) >= 11 is 0. The van der Waals surface area contributed by atoms with Crippen LogP contribution in [0.25, 0.3) is 0 Å². The van der Waals surface area contributed by atoms with Crippen molar-refractivity contribution < 1.29 is 15.0 Å². The predicted octanol–water partition coefficient (Wildman–Crippen LogP) is -0.286. The van der Waals surface area contributed by atoms with E-state index in [0.29, 0.717) is 11.3 Å². The number of anilines is 1. The van der Waals surface area contributed by atoms with Crippen LogP contribution in [0.15, 0.2) is 24.3 Å². The van der Waals surface area contributed by atoms with E-state index in [1.165, 1.54) is 0 Å². The number of benzene rings is 1. The monoisotopic (exact) mass is 196 g/mol. The van der Waals surface area contributed by atoms with Crippen LogP contribution in [0.4, 0.5) is 5.69 Å². The topological polar surface area (TPSA) is 110 Å². The molecular weight excluding hydrogens is 184 g/mol. The second-order valence-electron chi connectivity index (χ2n) is 2.98. The first-order valence-corrected chi connectivity index (χ1v) is 4.04. The summed E-state index contributed by atoms with van der Waals surface area (Å²) in [6.07, 6.45) is -1.21. The number of aliphatic hydroxyl groups is 1. The minimum absolute atomic E-state index is 0.439. The van der Waals surface area contributed by atoms with Crippen molar-refractivity contribution in [1.82, 2.24) is 0 Å². The van der Waals surface area contributed by atoms with Crippen molar-refractivity contribution in [3.63, 3.8) is 0 Å². The van der Waals surface area contributed by atoms with Crippen molar-refractivity contribution in [3.05, 3.63) is 29.8 Å². The molecule has 0 fully saturated rings. The van der Waals surface area contributed by atoms with Crippen LogP contribution in [-0.4, -0.2) is 22.2 Å². The number of hydrogen-bond acceptors (Lipinski definition) is 4. The van der Waals surface area contributed by atoms with E-state index in [1.807, 2.05) is 0 Å². The average Bonchev–Trinajstić information content (AvgIpc) is 2.16. The fourth-order valence-electron chi connectivity index (χ4n) is 1.04.